The van der Waals surface area contributed by atoms with E-state index in [2.05, 4.69) is 84.1 Å². The van der Waals surface area contributed by atoms with Crippen molar-refractivity contribution in [1.29, 1.82) is 0 Å². The molecule has 0 aromatic heterocycles. The average molecular weight is 438 g/mol. The summed E-state index contributed by atoms with van der Waals surface area (Å²) < 4.78 is 0. The second-order valence-corrected chi connectivity index (χ2v) is 12.0. The topological polar surface area (TPSA) is 0 Å². The van der Waals surface area contributed by atoms with Gasteiger partial charge in [-0.25, -0.2) is 6.07 Å². The van der Waals surface area contributed by atoms with Crippen molar-refractivity contribution in [2.75, 3.05) is 0 Å². The van der Waals surface area contributed by atoms with Crippen molar-refractivity contribution < 1.29 is 58.9 Å². The van der Waals surface area contributed by atoms with Crippen molar-refractivity contribution in [3.63, 3.8) is 0 Å². The van der Waals surface area contributed by atoms with Crippen LogP contribution < -0.4 is 47.6 Å². The summed E-state index contributed by atoms with van der Waals surface area (Å²) >= 11 is 0. The van der Waals surface area contributed by atoms with Crippen molar-refractivity contribution in [2.24, 2.45) is 0 Å². The molecule has 0 bridgehead atoms. The van der Waals surface area contributed by atoms with E-state index in [-0.39, 0.29) is 64.4 Å². The van der Waals surface area contributed by atoms with Crippen molar-refractivity contribution in [3.05, 3.63) is 53.1 Å². The molecule has 0 amide bonds. The van der Waals surface area contributed by atoms with E-state index in [1.54, 1.807) is 10.4 Å². The molecule has 132 valence electrons. The van der Waals surface area contributed by atoms with Gasteiger partial charge in [-0.2, -0.15) is 22.9 Å². The molecule has 0 spiro atoms. The molecular formula is C19H27Cl3SiTi. The van der Waals surface area contributed by atoms with E-state index in [1.165, 1.54) is 16.7 Å². The van der Waals surface area contributed by atoms with Gasteiger partial charge in [0.05, 0.1) is 8.07 Å². The minimum atomic E-state index is -1.58. The van der Waals surface area contributed by atoms with E-state index in [9.17, 15) is 0 Å². The predicted molar refractivity (Wildman–Crippen MR) is 93.4 cm³/mol. The predicted octanol–water partition coefficient (Wildman–Crippen LogP) is -4.85. The van der Waals surface area contributed by atoms with Crippen molar-refractivity contribution >= 4 is 18.4 Å². The van der Waals surface area contributed by atoms with Gasteiger partial charge >= 0.3 is 21.7 Å². The zero-order valence-electron chi connectivity index (χ0n) is 15.6. The van der Waals surface area contributed by atoms with Gasteiger partial charge in [0, 0.05) is 0 Å². The molecule has 0 aliphatic heterocycles. The van der Waals surface area contributed by atoms with Crippen LogP contribution in [-0.2, 0) is 27.1 Å². The van der Waals surface area contributed by atoms with Crippen molar-refractivity contribution in [2.45, 2.75) is 53.1 Å². The smallest absolute Gasteiger partial charge is 1.00 e. The molecule has 0 radical (unpaired) electrons. The molecule has 0 aliphatic carbocycles. The van der Waals surface area contributed by atoms with Crippen LogP contribution in [0.15, 0.2) is 36.4 Å². The Morgan fingerprint density at radius 3 is 1.71 bits per heavy atom. The summed E-state index contributed by atoms with van der Waals surface area (Å²) in [5.41, 5.74) is 4.45. The van der Waals surface area contributed by atoms with Gasteiger partial charge < -0.3 is 37.2 Å². The first-order valence-corrected chi connectivity index (χ1v) is 10.5. The van der Waals surface area contributed by atoms with E-state index < -0.39 is 8.07 Å². The summed E-state index contributed by atoms with van der Waals surface area (Å²) in [5.74, 6) is 0. The molecule has 0 saturated heterocycles. The van der Waals surface area contributed by atoms with Crippen LogP contribution in [0.2, 0.25) is 13.1 Å². The Bertz CT molecular complexity index is 608. The van der Waals surface area contributed by atoms with Crippen LogP contribution in [-0.4, -0.2) is 8.07 Å². The van der Waals surface area contributed by atoms with Crippen LogP contribution in [0.1, 0.15) is 37.5 Å². The van der Waals surface area contributed by atoms with Gasteiger partial charge in [-0.3, -0.25) is 0 Å². The first kappa shape index (κ1) is 29.1. The third-order valence-electron chi connectivity index (χ3n) is 4.28. The summed E-state index contributed by atoms with van der Waals surface area (Å²) in [4.78, 5) is 0. The summed E-state index contributed by atoms with van der Waals surface area (Å²) in [6.07, 6.45) is 0. The molecule has 0 aliphatic rings. The first-order chi connectivity index (χ1) is 9.10. The van der Waals surface area contributed by atoms with E-state index >= 15 is 0 Å². The van der Waals surface area contributed by atoms with Crippen LogP contribution in [0, 0.1) is 13.8 Å². The first-order valence-electron chi connectivity index (χ1n) is 7.47. The Morgan fingerprint density at radius 2 is 1.33 bits per heavy atom. The average Bonchev–Trinajstić information content (AvgIpc) is 2.76. The van der Waals surface area contributed by atoms with Crippen LogP contribution in [0.5, 0.6) is 0 Å². The van der Waals surface area contributed by atoms with Crippen LogP contribution in [0.4, 0.5) is 0 Å². The number of rotatable bonds is 2. The van der Waals surface area contributed by atoms with Gasteiger partial charge in [-0.15, -0.1) is 0 Å². The third kappa shape index (κ3) is 6.59. The number of benzene rings is 1. The molecule has 0 saturated carbocycles. The van der Waals surface area contributed by atoms with Crippen LogP contribution >= 0.6 is 0 Å². The van der Waals surface area contributed by atoms with E-state index in [0.29, 0.717) is 0 Å². The Hall–Kier alpha value is 0.371. The minimum Gasteiger partial charge on any atom is -1.00 e. The number of hydrogen-bond acceptors (Lipinski definition) is 0. The van der Waals surface area contributed by atoms with Gasteiger partial charge in [0.15, 0.2) is 0 Å². The van der Waals surface area contributed by atoms with Crippen LogP contribution in [0.25, 0.3) is 0 Å². The monoisotopic (exact) mass is 436 g/mol. The van der Waals surface area contributed by atoms with Gasteiger partial charge in [0.25, 0.3) is 0 Å². The Labute approximate surface area is 182 Å². The summed E-state index contributed by atoms with van der Waals surface area (Å²) in [7, 11) is -1.58. The number of hydrogen-bond donors (Lipinski definition) is 0. The molecule has 2 rings (SSSR count). The Kier molecular flexibility index (Phi) is 12.8. The molecule has 0 unspecified atom stereocenters. The minimum absolute atomic E-state index is 0. The SMILES string of the molecule is Cc1cc(C)cc([Si](C)(C)[c-]2ccc(C(C)(C)C)c2)c1.[Cl-].[Cl-].[Cl-].[Ti+4]. The Morgan fingerprint density at radius 1 is 0.875 bits per heavy atom. The quantitative estimate of drug-likeness (QED) is 0.327. The van der Waals surface area contributed by atoms with Gasteiger partial charge in [-0.1, -0.05) is 73.8 Å². The number of halogens is 3. The molecular weight excluding hydrogens is 411 g/mol. The third-order valence-corrected chi connectivity index (χ3v) is 7.77. The fraction of sp³-hybridized carbons (Fsp3) is 0.421. The zero-order valence-corrected chi connectivity index (χ0v) is 20.4. The second-order valence-electron chi connectivity index (χ2n) is 7.64. The van der Waals surface area contributed by atoms with Gasteiger partial charge in [0.1, 0.15) is 0 Å². The molecule has 0 atom stereocenters. The van der Waals surface area contributed by atoms with Crippen LogP contribution in [0.3, 0.4) is 0 Å². The summed E-state index contributed by atoms with van der Waals surface area (Å²) in [6, 6.07) is 14.1. The molecule has 24 heavy (non-hydrogen) atoms. The maximum atomic E-state index is 2.46. The fourth-order valence-electron chi connectivity index (χ4n) is 2.80. The molecule has 5 heteroatoms. The number of aryl methyl sites for hydroxylation is 2. The summed E-state index contributed by atoms with van der Waals surface area (Å²) in [6.45, 7) is 16.2. The molecule has 0 nitrogen and oxygen atoms in total. The Balaban J connectivity index is -0.00000110. The molecule has 0 N–H and O–H groups in total. The molecule has 2 aromatic rings. The van der Waals surface area contributed by atoms with E-state index in [0.717, 1.165) is 0 Å². The van der Waals surface area contributed by atoms with E-state index in [4.69, 9.17) is 0 Å². The maximum absolute atomic E-state index is 2.46. The zero-order chi connectivity index (χ0) is 15.1. The standard InChI is InChI=1S/C19H27Si.3ClH.Ti/c1-14-10-15(2)12-18(11-14)20(6,7)17-9-8-16(13-17)19(3,4)5;;;;/h8-13H,1-7H3;3*1H;/q-1;;;;+4/p-3. The van der Waals surface area contributed by atoms with E-state index in [1.807, 2.05) is 0 Å². The van der Waals surface area contributed by atoms with Gasteiger partial charge in [-0.05, 0) is 13.8 Å². The molecule has 0 heterocycles. The van der Waals surface area contributed by atoms with Crippen molar-refractivity contribution in [3.8, 4) is 0 Å². The summed E-state index contributed by atoms with van der Waals surface area (Å²) in [5, 5.41) is 3.09. The fourth-order valence-corrected chi connectivity index (χ4v) is 5.33. The van der Waals surface area contributed by atoms with Crippen molar-refractivity contribution in [1.82, 2.24) is 0 Å². The largest absolute Gasteiger partial charge is 4.00 e. The normalized spacial score (nSPS) is 10.6. The maximum Gasteiger partial charge on any atom is 4.00 e. The van der Waals surface area contributed by atoms with Gasteiger partial charge in [0.2, 0.25) is 0 Å². The molecule has 2 aromatic carbocycles. The second kappa shape index (κ2) is 10.5. The molecule has 0 fully saturated rings.